The molecule has 0 N–H and O–H groups in total. The predicted octanol–water partition coefficient (Wildman–Crippen LogP) is 4.04. The maximum Gasteiger partial charge on any atom is 0.277 e. The zero-order chi connectivity index (χ0) is 17.8. The van der Waals surface area contributed by atoms with Crippen LogP contribution in [0, 0.1) is 0 Å². The second-order valence-corrected chi connectivity index (χ2v) is 6.39. The molecule has 0 amide bonds. The smallest absolute Gasteiger partial charge is 0.277 e. The van der Waals surface area contributed by atoms with Crippen molar-refractivity contribution < 1.29 is 8.94 Å². The molecular formula is C18H15N5O2S. The molecule has 0 radical (unpaired) electrons. The van der Waals surface area contributed by atoms with E-state index in [2.05, 4.69) is 44.4 Å². The number of hydrogen-bond acceptors (Lipinski definition) is 8. The number of pyridine rings is 1. The highest BCUT2D eigenvalue weighted by Crippen LogP contribution is 2.26. The Labute approximate surface area is 153 Å². The van der Waals surface area contributed by atoms with E-state index < -0.39 is 0 Å². The molecule has 0 saturated carbocycles. The van der Waals surface area contributed by atoms with E-state index in [1.165, 1.54) is 17.3 Å². The van der Waals surface area contributed by atoms with E-state index in [0.717, 1.165) is 17.5 Å². The number of hydrogen-bond donors (Lipinski definition) is 0. The summed E-state index contributed by atoms with van der Waals surface area (Å²) in [5.74, 6) is 1.99. The minimum absolute atomic E-state index is 0.448. The lowest BCUT2D eigenvalue weighted by Crippen LogP contribution is -1.84. The van der Waals surface area contributed by atoms with Crippen molar-refractivity contribution in [2.75, 3.05) is 0 Å². The van der Waals surface area contributed by atoms with Gasteiger partial charge in [-0.05, 0) is 24.1 Å². The third-order valence-corrected chi connectivity index (χ3v) is 4.54. The zero-order valence-corrected chi connectivity index (χ0v) is 14.8. The second kappa shape index (κ2) is 7.49. The number of aromatic nitrogens is 5. The number of benzene rings is 1. The molecule has 0 atom stereocenters. The number of aryl methyl sites for hydroxylation is 1. The first-order valence-corrected chi connectivity index (χ1v) is 9.09. The lowest BCUT2D eigenvalue weighted by Gasteiger charge is -1.97. The molecule has 4 aromatic rings. The van der Waals surface area contributed by atoms with Crippen molar-refractivity contribution in [3.05, 3.63) is 60.2 Å². The van der Waals surface area contributed by atoms with Crippen molar-refractivity contribution in [2.24, 2.45) is 0 Å². The molecule has 0 spiro atoms. The standard InChI is InChI=1S/C18H15N5O2S/c1-2-12-3-5-13(6-4-12)16-20-15(25-23-16)11-26-18-22-21-17(24-18)14-7-9-19-10-8-14/h3-10H,2,11H2,1H3. The third-order valence-electron chi connectivity index (χ3n) is 3.74. The first kappa shape index (κ1) is 16.5. The van der Waals surface area contributed by atoms with Crippen LogP contribution in [0.1, 0.15) is 18.4 Å². The lowest BCUT2D eigenvalue weighted by atomic mass is 10.1. The summed E-state index contributed by atoms with van der Waals surface area (Å²) < 4.78 is 10.9. The van der Waals surface area contributed by atoms with Gasteiger partial charge in [0.05, 0.1) is 5.75 Å². The molecule has 130 valence electrons. The van der Waals surface area contributed by atoms with Gasteiger partial charge in [-0.3, -0.25) is 4.98 Å². The zero-order valence-electron chi connectivity index (χ0n) is 14.0. The lowest BCUT2D eigenvalue weighted by molar-refractivity contribution is 0.391. The van der Waals surface area contributed by atoms with E-state index in [1.54, 1.807) is 12.4 Å². The first-order valence-electron chi connectivity index (χ1n) is 8.10. The highest BCUT2D eigenvalue weighted by molar-refractivity contribution is 7.98. The van der Waals surface area contributed by atoms with Crippen molar-refractivity contribution in [3.63, 3.8) is 0 Å². The Bertz CT molecular complexity index is 982. The summed E-state index contributed by atoms with van der Waals surface area (Å²) in [6.07, 6.45) is 4.36. The van der Waals surface area contributed by atoms with Crippen LogP contribution >= 0.6 is 11.8 Å². The van der Waals surface area contributed by atoms with E-state index in [0.29, 0.717) is 28.6 Å². The molecule has 26 heavy (non-hydrogen) atoms. The average Bonchev–Trinajstić information content (AvgIpc) is 3.37. The molecule has 3 heterocycles. The number of nitrogens with zero attached hydrogens (tertiary/aromatic N) is 5. The maximum atomic E-state index is 5.63. The molecule has 0 unspecified atom stereocenters. The van der Waals surface area contributed by atoms with Crippen LogP contribution in [0.25, 0.3) is 22.8 Å². The van der Waals surface area contributed by atoms with Gasteiger partial charge in [0.25, 0.3) is 5.22 Å². The molecule has 0 fully saturated rings. The fourth-order valence-electron chi connectivity index (χ4n) is 2.32. The number of thioether (sulfide) groups is 1. The van der Waals surface area contributed by atoms with Crippen LogP contribution in [0.4, 0.5) is 0 Å². The van der Waals surface area contributed by atoms with Gasteiger partial charge in [-0.2, -0.15) is 4.98 Å². The Morgan fingerprint density at radius 1 is 0.962 bits per heavy atom. The first-order chi connectivity index (χ1) is 12.8. The minimum atomic E-state index is 0.448. The SMILES string of the molecule is CCc1ccc(-c2noc(CSc3nnc(-c4ccncc4)o3)n2)cc1. The van der Waals surface area contributed by atoms with Crippen LogP contribution in [0.15, 0.2) is 63.0 Å². The molecule has 0 aliphatic rings. The van der Waals surface area contributed by atoms with Gasteiger partial charge in [0.2, 0.25) is 17.6 Å². The largest absolute Gasteiger partial charge is 0.411 e. The monoisotopic (exact) mass is 365 g/mol. The summed E-state index contributed by atoms with van der Waals surface area (Å²) in [6, 6.07) is 11.8. The van der Waals surface area contributed by atoms with Crippen molar-refractivity contribution in [1.29, 1.82) is 0 Å². The Balaban J connectivity index is 1.41. The van der Waals surface area contributed by atoms with Gasteiger partial charge in [0.1, 0.15) is 0 Å². The van der Waals surface area contributed by atoms with E-state index in [9.17, 15) is 0 Å². The minimum Gasteiger partial charge on any atom is -0.411 e. The average molecular weight is 365 g/mol. The van der Waals surface area contributed by atoms with Gasteiger partial charge in [-0.25, -0.2) is 0 Å². The molecule has 1 aromatic carbocycles. The summed E-state index contributed by atoms with van der Waals surface area (Å²) in [6.45, 7) is 2.12. The molecule has 0 aliphatic carbocycles. The molecule has 4 rings (SSSR count). The van der Waals surface area contributed by atoms with Crippen molar-refractivity contribution >= 4 is 11.8 Å². The predicted molar refractivity (Wildman–Crippen MR) is 96.2 cm³/mol. The number of rotatable bonds is 6. The summed E-state index contributed by atoms with van der Waals surface area (Å²) in [7, 11) is 0. The highest BCUT2D eigenvalue weighted by atomic mass is 32.2. The molecular weight excluding hydrogens is 350 g/mol. The Morgan fingerprint density at radius 2 is 1.77 bits per heavy atom. The summed E-state index contributed by atoms with van der Waals surface area (Å²) in [5.41, 5.74) is 3.03. The molecule has 3 aromatic heterocycles. The molecule has 0 aliphatic heterocycles. The second-order valence-electron chi connectivity index (χ2n) is 5.46. The van der Waals surface area contributed by atoms with Crippen molar-refractivity contribution in [2.45, 2.75) is 24.3 Å². The van der Waals surface area contributed by atoms with Gasteiger partial charge in [0.15, 0.2) is 0 Å². The molecule has 0 saturated heterocycles. The third kappa shape index (κ3) is 3.65. The fraction of sp³-hybridized carbons (Fsp3) is 0.167. The Morgan fingerprint density at radius 3 is 2.54 bits per heavy atom. The van der Waals surface area contributed by atoms with Gasteiger partial charge in [-0.15, -0.1) is 10.2 Å². The van der Waals surface area contributed by atoms with E-state index >= 15 is 0 Å². The highest BCUT2D eigenvalue weighted by Gasteiger charge is 2.13. The topological polar surface area (TPSA) is 90.7 Å². The van der Waals surface area contributed by atoms with Crippen LogP contribution in [-0.4, -0.2) is 25.3 Å². The Kier molecular flexibility index (Phi) is 4.74. The van der Waals surface area contributed by atoms with E-state index in [1.807, 2.05) is 24.3 Å². The van der Waals surface area contributed by atoms with Gasteiger partial charge >= 0.3 is 0 Å². The van der Waals surface area contributed by atoms with Crippen LogP contribution < -0.4 is 0 Å². The quantitative estimate of drug-likeness (QED) is 0.473. The maximum absolute atomic E-state index is 5.63. The van der Waals surface area contributed by atoms with Gasteiger partial charge < -0.3 is 8.94 Å². The normalized spacial score (nSPS) is 11.0. The van der Waals surface area contributed by atoms with Crippen molar-refractivity contribution in [1.82, 2.24) is 25.3 Å². The fourth-order valence-corrected chi connectivity index (χ4v) is 2.92. The molecule has 0 bridgehead atoms. The summed E-state index contributed by atoms with van der Waals surface area (Å²) in [5, 5.41) is 12.5. The van der Waals surface area contributed by atoms with Gasteiger partial charge in [-0.1, -0.05) is 48.1 Å². The summed E-state index contributed by atoms with van der Waals surface area (Å²) in [4.78, 5) is 8.39. The Hall–Kier alpha value is -3.00. The van der Waals surface area contributed by atoms with E-state index in [-0.39, 0.29) is 0 Å². The van der Waals surface area contributed by atoms with E-state index in [4.69, 9.17) is 8.94 Å². The molecule has 8 heteroatoms. The van der Waals surface area contributed by atoms with Crippen LogP contribution in [-0.2, 0) is 12.2 Å². The van der Waals surface area contributed by atoms with Crippen molar-refractivity contribution in [3.8, 4) is 22.8 Å². The van der Waals surface area contributed by atoms with Crippen LogP contribution in [0.2, 0.25) is 0 Å². The van der Waals surface area contributed by atoms with Crippen LogP contribution in [0.3, 0.4) is 0 Å². The van der Waals surface area contributed by atoms with Crippen LogP contribution in [0.5, 0.6) is 0 Å². The molecule has 7 nitrogen and oxygen atoms in total. The summed E-state index contributed by atoms with van der Waals surface area (Å²) >= 11 is 1.35. The van der Waals surface area contributed by atoms with Gasteiger partial charge in [0, 0.05) is 23.5 Å².